The molecule has 0 spiro atoms. The third-order valence-corrected chi connectivity index (χ3v) is 3.66. The molecule has 1 aromatic heterocycles. The Kier molecular flexibility index (Phi) is 4.63. The number of carbonyl (C=O) groups excluding carboxylic acids is 1. The van der Waals surface area contributed by atoms with E-state index < -0.39 is 0 Å². The minimum absolute atomic E-state index is 0.0195. The number of nitrogens with zero attached hydrogens (tertiary/aromatic N) is 1. The van der Waals surface area contributed by atoms with E-state index in [-0.39, 0.29) is 11.3 Å². The number of thiazole rings is 1. The van der Waals surface area contributed by atoms with Crippen LogP contribution in [-0.4, -0.2) is 17.5 Å². The summed E-state index contributed by atoms with van der Waals surface area (Å²) in [6, 6.07) is 7.14. The first-order valence-electron chi connectivity index (χ1n) is 6.90. The van der Waals surface area contributed by atoms with Gasteiger partial charge in [-0.15, -0.1) is 11.3 Å². The molecule has 2 aromatic rings. The number of hydrogen-bond donors (Lipinski definition) is 1. The van der Waals surface area contributed by atoms with Crippen LogP contribution in [0, 0.1) is 0 Å². The zero-order valence-corrected chi connectivity index (χ0v) is 13.6. The molecule has 0 saturated carbocycles. The van der Waals surface area contributed by atoms with E-state index in [4.69, 9.17) is 4.74 Å². The van der Waals surface area contributed by atoms with Crippen molar-refractivity contribution in [3.05, 3.63) is 40.9 Å². The highest BCUT2D eigenvalue weighted by atomic mass is 32.1. The lowest BCUT2D eigenvalue weighted by atomic mass is 9.93. The van der Waals surface area contributed by atoms with Crippen molar-refractivity contribution in [1.29, 1.82) is 0 Å². The van der Waals surface area contributed by atoms with Crippen LogP contribution in [-0.2, 0) is 5.41 Å². The Morgan fingerprint density at radius 3 is 2.76 bits per heavy atom. The molecule has 0 aliphatic rings. The Hall–Kier alpha value is -1.88. The normalized spacial score (nSPS) is 11.2. The van der Waals surface area contributed by atoms with Crippen LogP contribution in [0.1, 0.15) is 43.7 Å². The van der Waals surface area contributed by atoms with Gasteiger partial charge in [0.25, 0.3) is 5.91 Å². The van der Waals surface area contributed by atoms with Gasteiger partial charge >= 0.3 is 0 Å². The highest BCUT2D eigenvalue weighted by Crippen LogP contribution is 2.26. The highest BCUT2D eigenvalue weighted by Gasteiger charge is 2.18. The zero-order valence-electron chi connectivity index (χ0n) is 12.8. The third kappa shape index (κ3) is 4.04. The van der Waals surface area contributed by atoms with Crippen molar-refractivity contribution in [2.45, 2.75) is 33.1 Å². The molecule has 0 unspecified atom stereocenters. The van der Waals surface area contributed by atoms with Crippen LogP contribution in [0.3, 0.4) is 0 Å². The van der Waals surface area contributed by atoms with Gasteiger partial charge in [0.05, 0.1) is 12.3 Å². The minimum Gasteiger partial charge on any atom is -0.494 e. The quantitative estimate of drug-likeness (QED) is 0.925. The van der Waals surface area contributed by atoms with Gasteiger partial charge in [-0.25, -0.2) is 4.98 Å². The molecule has 0 radical (unpaired) electrons. The monoisotopic (exact) mass is 304 g/mol. The molecule has 0 aliphatic carbocycles. The lowest BCUT2D eigenvalue weighted by Gasteiger charge is -2.14. The molecular formula is C16H20N2O2S. The average Bonchev–Trinajstić information content (AvgIpc) is 2.88. The van der Waals surface area contributed by atoms with Crippen molar-refractivity contribution in [2.24, 2.45) is 0 Å². The van der Waals surface area contributed by atoms with Gasteiger partial charge in [0, 0.05) is 16.4 Å². The number of anilines is 1. The van der Waals surface area contributed by atoms with Crippen molar-refractivity contribution in [1.82, 2.24) is 4.98 Å². The van der Waals surface area contributed by atoms with Crippen molar-refractivity contribution in [3.63, 3.8) is 0 Å². The third-order valence-electron chi connectivity index (χ3n) is 2.90. The van der Waals surface area contributed by atoms with E-state index in [9.17, 15) is 4.79 Å². The van der Waals surface area contributed by atoms with Crippen LogP contribution in [0.5, 0.6) is 5.75 Å². The topological polar surface area (TPSA) is 51.2 Å². The number of ether oxygens (including phenoxy) is 1. The van der Waals surface area contributed by atoms with Gasteiger partial charge in [-0.1, -0.05) is 26.8 Å². The van der Waals surface area contributed by atoms with E-state index >= 15 is 0 Å². The fourth-order valence-corrected chi connectivity index (χ4v) is 2.67. The van der Waals surface area contributed by atoms with Gasteiger partial charge < -0.3 is 4.74 Å². The molecule has 0 aliphatic heterocycles. The Bertz CT molecular complexity index is 629. The van der Waals surface area contributed by atoms with E-state index in [1.165, 1.54) is 11.3 Å². The number of rotatable bonds is 4. The summed E-state index contributed by atoms with van der Waals surface area (Å²) < 4.78 is 5.40. The second kappa shape index (κ2) is 6.26. The van der Waals surface area contributed by atoms with E-state index in [1.807, 2.05) is 24.4 Å². The summed E-state index contributed by atoms with van der Waals surface area (Å²) in [5.41, 5.74) is 1.52. The second-order valence-electron chi connectivity index (χ2n) is 5.70. The molecule has 112 valence electrons. The fourth-order valence-electron chi connectivity index (χ4n) is 1.74. The molecule has 1 N–H and O–H groups in total. The van der Waals surface area contributed by atoms with Crippen molar-refractivity contribution >= 4 is 22.4 Å². The zero-order chi connectivity index (χ0) is 15.5. The number of hydrogen-bond acceptors (Lipinski definition) is 4. The Balaban J connectivity index is 2.11. The van der Waals surface area contributed by atoms with Crippen molar-refractivity contribution < 1.29 is 9.53 Å². The summed E-state index contributed by atoms with van der Waals surface area (Å²) >= 11 is 1.44. The Morgan fingerprint density at radius 2 is 2.14 bits per heavy atom. The first-order chi connectivity index (χ1) is 9.90. The van der Waals surface area contributed by atoms with Crippen LogP contribution >= 0.6 is 11.3 Å². The fraction of sp³-hybridized carbons (Fsp3) is 0.375. The second-order valence-corrected chi connectivity index (χ2v) is 6.56. The Morgan fingerprint density at radius 1 is 1.38 bits per heavy atom. The number of nitrogens with one attached hydrogen (secondary N) is 1. The lowest BCUT2D eigenvalue weighted by Crippen LogP contribution is -2.14. The van der Waals surface area contributed by atoms with Crippen molar-refractivity contribution in [2.75, 3.05) is 11.9 Å². The van der Waals surface area contributed by atoms with Gasteiger partial charge in [-0.3, -0.25) is 10.1 Å². The maximum Gasteiger partial charge on any atom is 0.257 e. The van der Waals surface area contributed by atoms with E-state index in [2.05, 4.69) is 31.1 Å². The molecule has 1 aromatic carbocycles. The summed E-state index contributed by atoms with van der Waals surface area (Å²) in [7, 11) is 0. The van der Waals surface area contributed by atoms with E-state index in [1.54, 1.807) is 12.1 Å². The maximum atomic E-state index is 12.2. The van der Waals surface area contributed by atoms with Gasteiger partial charge in [0.1, 0.15) is 5.75 Å². The van der Waals surface area contributed by atoms with Crippen LogP contribution in [0.4, 0.5) is 5.13 Å². The average molecular weight is 304 g/mol. The van der Waals surface area contributed by atoms with Crippen LogP contribution < -0.4 is 10.1 Å². The molecule has 5 heteroatoms. The summed E-state index contributed by atoms with van der Waals surface area (Å²) in [6.07, 6.45) is 0. The molecule has 21 heavy (non-hydrogen) atoms. The number of aromatic nitrogens is 1. The number of amides is 1. The maximum absolute atomic E-state index is 12.2. The molecule has 0 bridgehead atoms. The van der Waals surface area contributed by atoms with E-state index in [0.29, 0.717) is 23.1 Å². The standard InChI is InChI=1S/C16H20N2O2S/c1-5-20-12-8-6-7-11(9-12)14(19)18-15-17-13(10-21-15)16(2,3)4/h6-10H,5H2,1-4H3,(H,17,18,19). The summed E-state index contributed by atoms with van der Waals surface area (Å²) in [5, 5.41) is 5.43. The first-order valence-corrected chi connectivity index (χ1v) is 7.78. The Labute approximate surface area is 129 Å². The highest BCUT2D eigenvalue weighted by molar-refractivity contribution is 7.14. The van der Waals surface area contributed by atoms with Gasteiger partial charge in [0.2, 0.25) is 0 Å². The first kappa shape index (κ1) is 15.5. The van der Waals surface area contributed by atoms with E-state index in [0.717, 1.165) is 5.69 Å². The number of carbonyl (C=O) groups is 1. The summed E-state index contributed by atoms with van der Waals surface area (Å²) in [5.74, 6) is 0.519. The lowest BCUT2D eigenvalue weighted by molar-refractivity contribution is 0.102. The summed E-state index contributed by atoms with van der Waals surface area (Å²) in [6.45, 7) is 8.78. The van der Waals surface area contributed by atoms with Crippen LogP contribution in [0.2, 0.25) is 0 Å². The molecule has 4 nitrogen and oxygen atoms in total. The van der Waals surface area contributed by atoms with Gasteiger partial charge in [-0.05, 0) is 25.1 Å². The SMILES string of the molecule is CCOc1cccc(C(=O)Nc2nc(C(C)(C)C)cs2)c1. The van der Waals surface area contributed by atoms with Gasteiger partial charge in [-0.2, -0.15) is 0 Å². The van der Waals surface area contributed by atoms with Crippen LogP contribution in [0.25, 0.3) is 0 Å². The molecule has 0 fully saturated rings. The van der Waals surface area contributed by atoms with Crippen molar-refractivity contribution in [3.8, 4) is 5.75 Å². The van der Waals surface area contributed by atoms with Crippen LogP contribution in [0.15, 0.2) is 29.6 Å². The predicted molar refractivity (Wildman–Crippen MR) is 86.4 cm³/mol. The minimum atomic E-state index is -0.175. The molecule has 2 rings (SSSR count). The predicted octanol–water partition coefficient (Wildman–Crippen LogP) is 4.09. The molecule has 1 heterocycles. The van der Waals surface area contributed by atoms with Gasteiger partial charge in [0.15, 0.2) is 5.13 Å². The number of benzene rings is 1. The summed E-state index contributed by atoms with van der Waals surface area (Å²) in [4.78, 5) is 16.7. The molecule has 0 atom stereocenters. The largest absolute Gasteiger partial charge is 0.494 e. The molecule has 0 saturated heterocycles. The molecular weight excluding hydrogens is 284 g/mol. The smallest absolute Gasteiger partial charge is 0.257 e. The molecule has 1 amide bonds.